The lowest BCUT2D eigenvalue weighted by atomic mass is 10.1. The molecule has 0 aliphatic carbocycles. The molecule has 0 radical (unpaired) electrons. The number of rotatable bonds is 6. The minimum absolute atomic E-state index is 0.0153. The first kappa shape index (κ1) is 18.4. The third-order valence-electron chi connectivity index (χ3n) is 3.77. The molecule has 1 amide bonds. The number of nitrogens with one attached hydrogen (secondary N) is 1. The fraction of sp³-hybridized carbons (Fsp3) is 0.105. The predicted molar refractivity (Wildman–Crippen MR) is 105 cm³/mol. The molecule has 0 aliphatic rings. The van der Waals surface area contributed by atoms with Crippen molar-refractivity contribution in [3.8, 4) is 11.3 Å². The van der Waals surface area contributed by atoms with E-state index < -0.39 is 4.92 Å². The SMILES string of the molecule is Cc1ccc(/C=N\NC(=O)Cc2nc(-c3ccccc3)cs2)cc1[N+](=O)[O-]. The van der Waals surface area contributed by atoms with Gasteiger partial charge >= 0.3 is 0 Å². The van der Waals surface area contributed by atoms with Gasteiger partial charge in [0.2, 0.25) is 5.91 Å². The fourth-order valence-corrected chi connectivity index (χ4v) is 3.19. The number of nitro benzene ring substituents is 1. The number of aryl methyl sites for hydroxylation is 1. The lowest BCUT2D eigenvalue weighted by Gasteiger charge is -1.99. The van der Waals surface area contributed by atoms with Crippen molar-refractivity contribution in [2.75, 3.05) is 0 Å². The molecule has 1 aromatic heterocycles. The first-order valence-corrected chi connectivity index (χ1v) is 8.97. The zero-order chi connectivity index (χ0) is 19.2. The van der Waals surface area contributed by atoms with Gasteiger partial charge in [-0.3, -0.25) is 14.9 Å². The van der Waals surface area contributed by atoms with E-state index in [-0.39, 0.29) is 18.0 Å². The van der Waals surface area contributed by atoms with Gasteiger partial charge in [0.05, 0.1) is 23.3 Å². The summed E-state index contributed by atoms with van der Waals surface area (Å²) in [7, 11) is 0. The zero-order valence-corrected chi connectivity index (χ0v) is 15.3. The van der Waals surface area contributed by atoms with E-state index in [9.17, 15) is 14.9 Å². The maximum Gasteiger partial charge on any atom is 0.272 e. The molecule has 136 valence electrons. The van der Waals surface area contributed by atoms with Crippen LogP contribution in [0.4, 0.5) is 5.69 Å². The summed E-state index contributed by atoms with van der Waals surface area (Å²) in [5.74, 6) is -0.304. The predicted octanol–water partition coefficient (Wildman–Crippen LogP) is 3.72. The third kappa shape index (κ3) is 4.83. The van der Waals surface area contributed by atoms with E-state index in [0.29, 0.717) is 16.1 Å². The Morgan fingerprint density at radius 1 is 1.30 bits per heavy atom. The van der Waals surface area contributed by atoms with E-state index >= 15 is 0 Å². The molecule has 27 heavy (non-hydrogen) atoms. The van der Waals surface area contributed by atoms with Crippen molar-refractivity contribution >= 4 is 29.1 Å². The third-order valence-corrected chi connectivity index (χ3v) is 4.61. The van der Waals surface area contributed by atoms with Gasteiger partial charge in [0.15, 0.2) is 0 Å². The van der Waals surface area contributed by atoms with Crippen molar-refractivity contribution in [3.05, 3.63) is 80.2 Å². The van der Waals surface area contributed by atoms with Gasteiger partial charge in [-0.05, 0) is 6.92 Å². The van der Waals surface area contributed by atoms with Crippen LogP contribution >= 0.6 is 11.3 Å². The number of hydrogen-bond acceptors (Lipinski definition) is 6. The molecule has 7 nitrogen and oxygen atoms in total. The topological polar surface area (TPSA) is 97.5 Å². The lowest BCUT2D eigenvalue weighted by Crippen LogP contribution is -2.19. The number of aromatic nitrogens is 1. The number of carbonyl (C=O) groups excluding carboxylic acids is 1. The van der Waals surface area contributed by atoms with E-state index in [1.165, 1.54) is 23.6 Å². The molecule has 0 aliphatic heterocycles. The highest BCUT2D eigenvalue weighted by Crippen LogP contribution is 2.21. The maximum absolute atomic E-state index is 12.0. The summed E-state index contributed by atoms with van der Waals surface area (Å²) in [6.45, 7) is 1.67. The number of benzene rings is 2. The number of nitro groups is 1. The fourth-order valence-electron chi connectivity index (χ4n) is 2.39. The molecular formula is C19H16N4O3S. The van der Waals surface area contributed by atoms with Crippen LogP contribution in [-0.4, -0.2) is 22.0 Å². The second kappa shape index (κ2) is 8.33. The molecule has 3 aromatic rings. The molecular weight excluding hydrogens is 364 g/mol. The Kier molecular flexibility index (Phi) is 5.68. The van der Waals surface area contributed by atoms with Crippen LogP contribution in [0.5, 0.6) is 0 Å². The highest BCUT2D eigenvalue weighted by atomic mass is 32.1. The number of amides is 1. The van der Waals surface area contributed by atoms with Crippen LogP contribution in [0.15, 0.2) is 59.0 Å². The van der Waals surface area contributed by atoms with E-state index in [0.717, 1.165) is 11.3 Å². The summed E-state index contributed by atoms with van der Waals surface area (Å²) < 4.78 is 0. The summed E-state index contributed by atoms with van der Waals surface area (Å²) in [6, 6.07) is 14.5. The van der Waals surface area contributed by atoms with Crippen LogP contribution in [-0.2, 0) is 11.2 Å². The first-order chi connectivity index (χ1) is 13.0. The number of nitrogens with zero attached hydrogens (tertiary/aromatic N) is 3. The van der Waals surface area contributed by atoms with Crippen molar-refractivity contribution in [1.82, 2.24) is 10.4 Å². The summed E-state index contributed by atoms with van der Waals surface area (Å²) >= 11 is 1.41. The van der Waals surface area contributed by atoms with Crippen molar-refractivity contribution in [2.45, 2.75) is 13.3 Å². The number of hydrogen-bond donors (Lipinski definition) is 1. The van der Waals surface area contributed by atoms with E-state index in [2.05, 4.69) is 15.5 Å². The molecule has 2 aromatic carbocycles. The molecule has 0 bridgehead atoms. The molecule has 1 N–H and O–H groups in total. The Labute approximate surface area is 159 Å². The molecule has 0 spiro atoms. The number of hydrazone groups is 1. The summed E-state index contributed by atoms with van der Waals surface area (Å²) in [5.41, 5.74) is 5.37. The quantitative estimate of drug-likeness (QED) is 0.400. The van der Waals surface area contributed by atoms with Crippen molar-refractivity contribution in [1.29, 1.82) is 0 Å². The monoisotopic (exact) mass is 380 g/mol. The lowest BCUT2D eigenvalue weighted by molar-refractivity contribution is -0.385. The van der Waals surface area contributed by atoms with E-state index in [1.807, 2.05) is 35.7 Å². The van der Waals surface area contributed by atoms with Gasteiger partial charge in [0.1, 0.15) is 5.01 Å². The highest BCUT2D eigenvalue weighted by Gasteiger charge is 2.11. The standard InChI is InChI=1S/C19H16N4O3S/c1-13-7-8-14(9-17(13)23(25)26)11-20-22-18(24)10-19-21-16(12-27-19)15-5-3-2-4-6-15/h2-9,11-12H,10H2,1H3,(H,22,24)/b20-11-. The van der Waals surface area contributed by atoms with Crippen LogP contribution in [0.1, 0.15) is 16.1 Å². The van der Waals surface area contributed by atoms with E-state index in [4.69, 9.17) is 0 Å². The average molecular weight is 380 g/mol. The van der Waals surface area contributed by atoms with Crippen LogP contribution in [0.25, 0.3) is 11.3 Å². The molecule has 1 heterocycles. The Bertz CT molecular complexity index is 999. The summed E-state index contributed by atoms with van der Waals surface area (Å²) in [4.78, 5) is 27.0. The normalized spacial score (nSPS) is 10.9. The van der Waals surface area contributed by atoms with Gasteiger partial charge in [-0.2, -0.15) is 5.10 Å². The van der Waals surface area contributed by atoms with Gasteiger partial charge in [-0.15, -0.1) is 11.3 Å². The number of carbonyl (C=O) groups is 1. The molecule has 0 atom stereocenters. The molecule has 0 unspecified atom stereocenters. The molecule has 0 saturated heterocycles. The Morgan fingerprint density at radius 3 is 2.81 bits per heavy atom. The average Bonchev–Trinajstić information content (AvgIpc) is 3.12. The van der Waals surface area contributed by atoms with Gasteiger partial charge in [0, 0.05) is 28.1 Å². The first-order valence-electron chi connectivity index (χ1n) is 8.09. The second-order valence-electron chi connectivity index (χ2n) is 5.77. The minimum atomic E-state index is -0.446. The molecule has 3 rings (SSSR count). The minimum Gasteiger partial charge on any atom is -0.273 e. The van der Waals surface area contributed by atoms with Gasteiger partial charge in [-0.1, -0.05) is 42.5 Å². The molecule has 0 fully saturated rings. The van der Waals surface area contributed by atoms with Crippen LogP contribution in [0.3, 0.4) is 0 Å². The van der Waals surface area contributed by atoms with Gasteiger partial charge < -0.3 is 0 Å². The number of thiazole rings is 1. The molecule has 8 heteroatoms. The van der Waals surface area contributed by atoms with Crippen LogP contribution in [0.2, 0.25) is 0 Å². The van der Waals surface area contributed by atoms with Crippen LogP contribution in [0, 0.1) is 17.0 Å². The Balaban J connectivity index is 1.59. The smallest absolute Gasteiger partial charge is 0.272 e. The Hall–Kier alpha value is -3.39. The summed E-state index contributed by atoms with van der Waals surface area (Å²) in [5, 5.41) is 17.4. The molecule has 0 saturated carbocycles. The zero-order valence-electron chi connectivity index (χ0n) is 14.5. The van der Waals surface area contributed by atoms with Crippen molar-refractivity contribution in [2.24, 2.45) is 5.10 Å². The maximum atomic E-state index is 12.0. The largest absolute Gasteiger partial charge is 0.273 e. The van der Waals surface area contributed by atoms with Crippen LogP contribution < -0.4 is 5.43 Å². The van der Waals surface area contributed by atoms with E-state index in [1.54, 1.807) is 19.1 Å². The Morgan fingerprint density at radius 2 is 2.07 bits per heavy atom. The van der Waals surface area contributed by atoms with Crippen molar-refractivity contribution in [3.63, 3.8) is 0 Å². The second-order valence-corrected chi connectivity index (χ2v) is 6.71. The van der Waals surface area contributed by atoms with Gasteiger partial charge in [0.25, 0.3) is 5.69 Å². The van der Waals surface area contributed by atoms with Crippen molar-refractivity contribution < 1.29 is 9.72 Å². The summed E-state index contributed by atoms with van der Waals surface area (Å²) in [6.07, 6.45) is 1.49. The van der Waals surface area contributed by atoms with Gasteiger partial charge in [-0.25, -0.2) is 10.4 Å². The highest BCUT2D eigenvalue weighted by molar-refractivity contribution is 7.10.